The summed E-state index contributed by atoms with van der Waals surface area (Å²) in [4.78, 5) is 33.4. The number of ether oxygens (including phenoxy) is 12. The van der Waals surface area contributed by atoms with E-state index in [0.29, 0.717) is 145 Å². The van der Waals surface area contributed by atoms with Gasteiger partial charge in [-0.25, -0.2) is 0 Å². The minimum atomic E-state index is -0.865. The molecule has 0 aromatic carbocycles. The second-order valence-corrected chi connectivity index (χ2v) is 10.6. The smallest absolute Gasteiger partial charge is 0.305 e. The molecule has 16 nitrogen and oxygen atoms in total. The molecule has 0 bridgehead atoms. The summed E-state index contributed by atoms with van der Waals surface area (Å²) in [7, 11) is 0. The highest BCUT2D eigenvalue weighted by atomic mass is 16.6. The summed E-state index contributed by atoms with van der Waals surface area (Å²) in [5, 5.41) is 8.55. The number of esters is 2. The topological polar surface area (TPSA) is 182 Å². The van der Waals surface area contributed by atoms with Crippen molar-refractivity contribution in [1.29, 1.82) is 0 Å². The Labute approximate surface area is 297 Å². The van der Waals surface area contributed by atoms with Gasteiger partial charge in [-0.05, 0) is 19.3 Å². The average Bonchev–Trinajstić information content (AvgIpc) is 3.10. The Morgan fingerprint density at radius 1 is 0.340 bits per heavy atom. The molecule has 0 heterocycles. The fraction of sp³-hybridized carbons (Fsp3) is 0.912. The number of rotatable bonds is 42. The van der Waals surface area contributed by atoms with Crippen LogP contribution in [0.5, 0.6) is 0 Å². The van der Waals surface area contributed by atoms with Crippen LogP contribution in [0.3, 0.4) is 0 Å². The quantitative estimate of drug-likeness (QED) is 0.0714. The Morgan fingerprint density at radius 2 is 0.560 bits per heavy atom. The van der Waals surface area contributed by atoms with Crippen LogP contribution in [0, 0.1) is 0 Å². The van der Waals surface area contributed by atoms with Crippen molar-refractivity contribution in [2.75, 3.05) is 145 Å². The van der Waals surface area contributed by atoms with Gasteiger partial charge in [0.25, 0.3) is 0 Å². The number of carboxylic acid groups (broad SMARTS) is 1. The molecule has 1 N–H and O–H groups in total. The molecule has 0 aliphatic heterocycles. The summed E-state index contributed by atoms with van der Waals surface area (Å²) in [6.45, 7) is 11.4. The largest absolute Gasteiger partial charge is 0.481 e. The molecule has 0 saturated heterocycles. The minimum Gasteiger partial charge on any atom is -0.481 e. The summed E-state index contributed by atoms with van der Waals surface area (Å²) in [5.41, 5.74) is 0. The third-order valence-electron chi connectivity index (χ3n) is 6.34. The molecule has 0 amide bonds. The number of aliphatic carboxylic acids is 1. The van der Waals surface area contributed by atoms with Crippen molar-refractivity contribution in [3.05, 3.63) is 0 Å². The van der Waals surface area contributed by atoms with Crippen molar-refractivity contribution >= 4 is 17.9 Å². The van der Waals surface area contributed by atoms with Gasteiger partial charge in [0.15, 0.2) is 0 Å². The van der Waals surface area contributed by atoms with Crippen LogP contribution in [0.15, 0.2) is 0 Å². The van der Waals surface area contributed by atoms with Crippen LogP contribution < -0.4 is 0 Å². The molecule has 0 fully saturated rings. The van der Waals surface area contributed by atoms with Gasteiger partial charge in [-0.15, -0.1) is 0 Å². The lowest BCUT2D eigenvalue weighted by Crippen LogP contribution is -2.16. The number of carbonyl (C=O) groups is 3. The second kappa shape index (κ2) is 41.4. The molecule has 0 saturated carbocycles. The summed E-state index contributed by atoms with van der Waals surface area (Å²) in [6.07, 6.45) is 4.69. The molecule has 16 heteroatoms. The SMILES string of the molecule is CCCCCC(=O)OCCOCCOCCOCCOCCOCCOCCOCCOCCOCCOCCOC(=O)CCCCC(=O)O. The molecule has 0 rings (SSSR count). The van der Waals surface area contributed by atoms with Crippen LogP contribution in [0.4, 0.5) is 0 Å². The van der Waals surface area contributed by atoms with Crippen LogP contribution in [-0.2, 0) is 71.2 Å². The van der Waals surface area contributed by atoms with Crippen LogP contribution in [0.25, 0.3) is 0 Å². The normalized spacial score (nSPS) is 11.2. The first kappa shape index (κ1) is 48.0. The minimum absolute atomic E-state index is 0.0573. The molecule has 296 valence electrons. The zero-order chi connectivity index (χ0) is 36.4. The first-order chi connectivity index (χ1) is 24.6. The zero-order valence-corrected chi connectivity index (χ0v) is 30.3. The molecule has 0 aromatic rings. The van der Waals surface area contributed by atoms with E-state index in [1.807, 2.05) is 0 Å². The average molecular weight is 729 g/mol. The molecule has 0 atom stereocenters. The first-order valence-corrected chi connectivity index (χ1v) is 17.9. The van der Waals surface area contributed by atoms with Crippen molar-refractivity contribution in [2.45, 2.75) is 58.3 Å². The van der Waals surface area contributed by atoms with Crippen LogP contribution >= 0.6 is 0 Å². The van der Waals surface area contributed by atoms with Gasteiger partial charge in [-0.3, -0.25) is 14.4 Å². The predicted octanol–water partition coefficient (Wildman–Crippen LogP) is 2.46. The summed E-state index contributed by atoms with van der Waals surface area (Å²) in [6, 6.07) is 0. The van der Waals surface area contributed by atoms with Crippen LogP contribution in [0.1, 0.15) is 58.3 Å². The zero-order valence-electron chi connectivity index (χ0n) is 30.3. The van der Waals surface area contributed by atoms with Gasteiger partial charge in [-0.1, -0.05) is 19.8 Å². The highest BCUT2D eigenvalue weighted by molar-refractivity contribution is 5.70. The van der Waals surface area contributed by atoms with Gasteiger partial charge in [0.05, 0.1) is 132 Å². The molecule has 0 radical (unpaired) electrons. The Bertz CT molecular complexity index is 742. The maximum absolute atomic E-state index is 11.5. The van der Waals surface area contributed by atoms with E-state index < -0.39 is 5.97 Å². The molecule has 0 unspecified atom stereocenters. The Balaban J connectivity index is 3.12. The number of hydrogen-bond donors (Lipinski definition) is 1. The number of hydrogen-bond acceptors (Lipinski definition) is 15. The van der Waals surface area contributed by atoms with Crippen molar-refractivity contribution in [1.82, 2.24) is 0 Å². The van der Waals surface area contributed by atoms with E-state index in [9.17, 15) is 14.4 Å². The number of carboxylic acids is 1. The van der Waals surface area contributed by atoms with Crippen LogP contribution in [0.2, 0.25) is 0 Å². The number of unbranched alkanes of at least 4 members (excludes halogenated alkanes) is 3. The number of carbonyl (C=O) groups excluding carboxylic acids is 2. The lowest BCUT2D eigenvalue weighted by molar-refractivity contribution is -0.146. The maximum atomic E-state index is 11.5. The predicted molar refractivity (Wildman–Crippen MR) is 180 cm³/mol. The molecular weight excluding hydrogens is 664 g/mol. The standard InChI is InChI=1S/C34H64O16/c1-2-3-4-8-33(37)49-30-28-47-26-24-45-22-20-43-18-16-41-14-12-39-10-11-40-13-15-42-17-19-44-21-23-46-25-27-48-29-31-50-34(38)9-6-5-7-32(35)36/h2-31H2,1H3,(H,35,36). The summed E-state index contributed by atoms with van der Waals surface area (Å²) in [5.74, 6) is -1.38. The highest BCUT2D eigenvalue weighted by Gasteiger charge is 2.05. The Morgan fingerprint density at radius 3 is 0.800 bits per heavy atom. The molecule has 0 aliphatic carbocycles. The van der Waals surface area contributed by atoms with Crippen molar-refractivity contribution in [3.63, 3.8) is 0 Å². The lowest BCUT2D eigenvalue weighted by Gasteiger charge is -2.09. The van der Waals surface area contributed by atoms with Gasteiger partial charge in [0, 0.05) is 19.3 Å². The monoisotopic (exact) mass is 728 g/mol. The van der Waals surface area contributed by atoms with E-state index in [0.717, 1.165) is 19.3 Å². The van der Waals surface area contributed by atoms with Gasteiger partial charge in [0.1, 0.15) is 13.2 Å². The van der Waals surface area contributed by atoms with E-state index in [1.54, 1.807) is 0 Å². The van der Waals surface area contributed by atoms with Crippen molar-refractivity contribution in [2.24, 2.45) is 0 Å². The third kappa shape index (κ3) is 42.2. The Hall–Kier alpha value is -1.99. The molecule has 0 aliphatic rings. The fourth-order valence-corrected chi connectivity index (χ4v) is 3.72. The lowest BCUT2D eigenvalue weighted by atomic mass is 10.2. The summed E-state index contributed by atoms with van der Waals surface area (Å²) >= 11 is 0. The Kier molecular flexibility index (Phi) is 39.8. The fourth-order valence-electron chi connectivity index (χ4n) is 3.72. The molecule has 50 heavy (non-hydrogen) atoms. The first-order valence-electron chi connectivity index (χ1n) is 17.9. The van der Waals surface area contributed by atoms with E-state index in [4.69, 9.17) is 61.9 Å². The third-order valence-corrected chi connectivity index (χ3v) is 6.34. The van der Waals surface area contributed by atoms with Crippen molar-refractivity contribution in [3.8, 4) is 0 Å². The van der Waals surface area contributed by atoms with E-state index in [1.165, 1.54) is 0 Å². The highest BCUT2D eigenvalue weighted by Crippen LogP contribution is 2.02. The van der Waals surface area contributed by atoms with E-state index in [-0.39, 0.29) is 44.6 Å². The van der Waals surface area contributed by atoms with Gasteiger partial charge in [-0.2, -0.15) is 0 Å². The van der Waals surface area contributed by atoms with Crippen LogP contribution in [-0.4, -0.2) is 168 Å². The van der Waals surface area contributed by atoms with Gasteiger partial charge < -0.3 is 61.9 Å². The van der Waals surface area contributed by atoms with E-state index in [2.05, 4.69) is 6.92 Å². The van der Waals surface area contributed by atoms with Crippen molar-refractivity contribution < 1.29 is 76.3 Å². The maximum Gasteiger partial charge on any atom is 0.305 e. The molecular formula is C34H64O16. The van der Waals surface area contributed by atoms with Gasteiger partial charge >= 0.3 is 17.9 Å². The van der Waals surface area contributed by atoms with E-state index >= 15 is 0 Å². The molecule has 0 spiro atoms. The second-order valence-electron chi connectivity index (χ2n) is 10.6. The summed E-state index contributed by atoms with van der Waals surface area (Å²) < 4.78 is 64.4. The van der Waals surface area contributed by atoms with Gasteiger partial charge in [0.2, 0.25) is 0 Å². The molecule has 0 aromatic heterocycles.